The maximum Gasteiger partial charge on any atom is 0.196 e. The first-order valence-corrected chi connectivity index (χ1v) is 9.61. The molecular formula is C14H16N6O2S2. The number of hydrogen-bond donors (Lipinski definition) is 0. The summed E-state index contributed by atoms with van der Waals surface area (Å²) in [6.07, 6.45) is 0. The second-order valence-electron chi connectivity index (χ2n) is 5.70. The summed E-state index contributed by atoms with van der Waals surface area (Å²) >= 11 is 3.25. The Kier molecular flexibility index (Phi) is 3.69. The van der Waals surface area contributed by atoms with Gasteiger partial charge < -0.3 is 19.3 Å². The third-order valence-corrected chi connectivity index (χ3v) is 6.32. The van der Waals surface area contributed by atoms with E-state index in [1.165, 1.54) is 0 Å². The molecule has 5 rings (SSSR count). The van der Waals surface area contributed by atoms with E-state index >= 15 is 0 Å². The van der Waals surface area contributed by atoms with E-state index in [4.69, 9.17) is 14.5 Å². The normalized spacial score (nSPS) is 19.5. The number of morpholine rings is 2. The van der Waals surface area contributed by atoms with E-state index in [9.17, 15) is 0 Å². The average Bonchev–Trinajstić information content (AvgIpc) is 3.27. The summed E-state index contributed by atoms with van der Waals surface area (Å²) in [7, 11) is 0. The zero-order valence-electron chi connectivity index (χ0n) is 13.0. The molecule has 3 aromatic rings. The number of aromatic nitrogens is 4. The number of fused-ring (bicyclic) bond motifs is 3. The number of hydrogen-bond acceptors (Lipinski definition) is 10. The Balaban J connectivity index is 1.55. The Bertz CT molecular complexity index is 797. The molecule has 0 aliphatic carbocycles. The summed E-state index contributed by atoms with van der Waals surface area (Å²) in [4.78, 5) is 14.9. The van der Waals surface area contributed by atoms with Gasteiger partial charge in [0.25, 0.3) is 0 Å². The molecule has 0 saturated carbocycles. The van der Waals surface area contributed by atoms with Crippen molar-refractivity contribution in [3.8, 4) is 0 Å². The van der Waals surface area contributed by atoms with Crippen molar-refractivity contribution in [1.29, 1.82) is 0 Å². The highest BCUT2D eigenvalue weighted by Gasteiger charge is 2.21. The largest absolute Gasteiger partial charge is 0.378 e. The lowest BCUT2D eigenvalue weighted by atomic mass is 10.4. The fourth-order valence-electron chi connectivity index (χ4n) is 2.91. The van der Waals surface area contributed by atoms with E-state index in [0.29, 0.717) is 5.65 Å². The van der Waals surface area contributed by atoms with Gasteiger partial charge in [0.2, 0.25) is 0 Å². The summed E-state index contributed by atoms with van der Waals surface area (Å²) in [6.45, 7) is 6.47. The Morgan fingerprint density at radius 3 is 2.04 bits per heavy atom. The van der Waals surface area contributed by atoms with Crippen molar-refractivity contribution >= 4 is 53.6 Å². The van der Waals surface area contributed by atoms with Crippen LogP contribution in [0.5, 0.6) is 0 Å². The van der Waals surface area contributed by atoms with Crippen molar-refractivity contribution in [2.75, 3.05) is 62.4 Å². The van der Waals surface area contributed by atoms with Crippen molar-refractivity contribution in [2.45, 2.75) is 0 Å². The van der Waals surface area contributed by atoms with Crippen molar-refractivity contribution in [1.82, 2.24) is 20.2 Å². The lowest BCUT2D eigenvalue weighted by Crippen LogP contribution is -2.36. The molecule has 126 valence electrons. The van der Waals surface area contributed by atoms with Crippen LogP contribution in [0.15, 0.2) is 0 Å². The van der Waals surface area contributed by atoms with Gasteiger partial charge in [-0.1, -0.05) is 22.7 Å². The fraction of sp³-hybridized carbons (Fsp3) is 0.571. The Hall–Kier alpha value is -1.62. The second kappa shape index (κ2) is 6.03. The molecule has 0 radical (unpaired) electrons. The maximum absolute atomic E-state index is 5.42. The summed E-state index contributed by atoms with van der Waals surface area (Å²) in [5, 5.41) is 10.6. The highest BCUT2D eigenvalue weighted by atomic mass is 32.1. The summed E-state index contributed by atoms with van der Waals surface area (Å²) in [6, 6.07) is 0. The van der Waals surface area contributed by atoms with Gasteiger partial charge in [-0.25, -0.2) is 4.98 Å². The molecule has 0 amide bonds. The van der Waals surface area contributed by atoms with Crippen LogP contribution in [0.25, 0.3) is 20.7 Å². The molecule has 10 heteroatoms. The molecule has 0 N–H and O–H groups in total. The number of thiazole rings is 2. The topological polar surface area (TPSA) is 76.5 Å². The molecule has 2 fully saturated rings. The molecule has 0 spiro atoms. The number of anilines is 2. The van der Waals surface area contributed by atoms with E-state index in [1.54, 1.807) is 22.7 Å². The molecule has 2 aliphatic rings. The van der Waals surface area contributed by atoms with Gasteiger partial charge in [-0.05, 0) is 0 Å². The lowest BCUT2D eigenvalue weighted by Gasteiger charge is -2.25. The monoisotopic (exact) mass is 364 g/mol. The summed E-state index contributed by atoms with van der Waals surface area (Å²) in [5.41, 5.74) is 1.61. The van der Waals surface area contributed by atoms with Crippen LogP contribution in [0.1, 0.15) is 0 Å². The van der Waals surface area contributed by atoms with Crippen LogP contribution in [-0.2, 0) is 9.47 Å². The fourth-order valence-corrected chi connectivity index (χ4v) is 4.97. The van der Waals surface area contributed by atoms with E-state index in [2.05, 4.69) is 25.0 Å². The zero-order chi connectivity index (χ0) is 15.9. The molecule has 0 atom stereocenters. The molecule has 2 saturated heterocycles. The smallest absolute Gasteiger partial charge is 0.196 e. The van der Waals surface area contributed by atoms with Gasteiger partial charge in [0, 0.05) is 26.2 Å². The number of ether oxygens (including phenoxy) is 2. The van der Waals surface area contributed by atoms with Crippen molar-refractivity contribution in [2.24, 2.45) is 0 Å². The van der Waals surface area contributed by atoms with Crippen molar-refractivity contribution in [3.05, 3.63) is 0 Å². The quantitative estimate of drug-likeness (QED) is 0.675. The minimum Gasteiger partial charge on any atom is -0.378 e. The minimum atomic E-state index is 0.688. The van der Waals surface area contributed by atoms with Crippen LogP contribution in [-0.4, -0.2) is 72.8 Å². The first kappa shape index (κ1) is 14.7. The van der Waals surface area contributed by atoms with Gasteiger partial charge in [-0.2, -0.15) is 4.98 Å². The predicted octanol–water partition coefficient (Wildman–Crippen LogP) is 1.37. The zero-order valence-corrected chi connectivity index (χ0v) is 14.6. The molecule has 3 aromatic heterocycles. The highest BCUT2D eigenvalue weighted by Crippen LogP contribution is 2.36. The molecule has 8 nitrogen and oxygen atoms in total. The van der Waals surface area contributed by atoms with Gasteiger partial charge in [-0.15, -0.1) is 10.2 Å². The van der Waals surface area contributed by atoms with Crippen LogP contribution >= 0.6 is 22.7 Å². The Morgan fingerprint density at radius 2 is 1.38 bits per heavy atom. The van der Waals surface area contributed by atoms with Crippen LogP contribution in [0.4, 0.5) is 10.3 Å². The number of rotatable bonds is 2. The molecule has 24 heavy (non-hydrogen) atoms. The van der Waals surface area contributed by atoms with Gasteiger partial charge >= 0.3 is 0 Å². The lowest BCUT2D eigenvalue weighted by molar-refractivity contribution is 0.122. The minimum absolute atomic E-state index is 0.688. The van der Waals surface area contributed by atoms with Gasteiger partial charge in [0.05, 0.1) is 26.4 Å². The Morgan fingerprint density at radius 1 is 0.750 bits per heavy atom. The van der Waals surface area contributed by atoms with Gasteiger partial charge in [-0.3, -0.25) is 0 Å². The maximum atomic E-state index is 5.42. The highest BCUT2D eigenvalue weighted by molar-refractivity contribution is 7.25. The third kappa shape index (κ3) is 2.50. The van der Waals surface area contributed by atoms with Crippen molar-refractivity contribution in [3.63, 3.8) is 0 Å². The Labute approximate surface area is 146 Å². The van der Waals surface area contributed by atoms with Crippen LogP contribution < -0.4 is 9.80 Å². The SMILES string of the molecule is C1CN(c2nc3c(nnc4nc(N5CCOCC5)sc43)s2)CCO1. The van der Waals surface area contributed by atoms with Gasteiger partial charge in [0.15, 0.2) is 20.7 Å². The first-order chi connectivity index (χ1) is 11.9. The standard InChI is InChI=1S/C14H16N6O2S2/c1-5-21-6-2-19(1)13-15-9-10-11(17-18-12(9)24-13)16-14(23-10)20-3-7-22-8-4-20/h1-8H2. The third-order valence-electron chi connectivity index (χ3n) is 4.21. The molecule has 0 unspecified atom stereocenters. The molecule has 0 aromatic carbocycles. The average molecular weight is 364 g/mol. The molecule has 2 aliphatic heterocycles. The second-order valence-corrected chi connectivity index (χ2v) is 7.63. The van der Waals surface area contributed by atoms with Gasteiger partial charge in [0.1, 0.15) is 10.2 Å². The van der Waals surface area contributed by atoms with Crippen LogP contribution in [0.3, 0.4) is 0 Å². The summed E-state index contributed by atoms with van der Waals surface area (Å²) in [5.74, 6) is 0. The number of nitrogens with zero attached hydrogens (tertiary/aromatic N) is 6. The van der Waals surface area contributed by atoms with E-state index in [0.717, 1.165) is 77.9 Å². The van der Waals surface area contributed by atoms with E-state index in [1.807, 2.05) is 0 Å². The van der Waals surface area contributed by atoms with Crippen molar-refractivity contribution < 1.29 is 9.47 Å². The molecular weight excluding hydrogens is 348 g/mol. The van der Waals surface area contributed by atoms with E-state index < -0.39 is 0 Å². The van der Waals surface area contributed by atoms with E-state index in [-0.39, 0.29) is 0 Å². The van der Waals surface area contributed by atoms with Crippen LogP contribution in [0, 0.1) is 0 Å². The summed E-state index contributed by atoms with van der Waals surface area (Å²) < 4.78 is 11.9. The molecule has 0 bridgehead atoms. The predicted molar refractivity (Wildman–Crippen MR) is 94.5 cm³/mol. The molecule has 5 heterocycles. The first-order valence-electron chi connectivity index (χ1n) is 7.97. The van der Waals surface area contributed by atoms with Crippen LogP contribution in [0.2, 0.25) is 0 Å².